The Morgan fingerprint density at radius 1 is 1.10 bits per heavy atom. The van der Waals surface area contributed by atoms with Gasteiger partial charge in [0.1, 0.15) is 11.9 Å². The third kappa shape index (κ3) is 3.24. The molecule has 0 aliphatic rings. The summed E-state index contributed by atoms with van der Waals surface area (Å²) in [5.74, 6) is -1.35. The van der Waals surface area contributed by atoms with Crippen molar-refractivity contribution in [1.82, 2.24) is 0 Å². The molecule has 0 bridgehead atoms. The molecule has 112 valence electrons. The van der Waals surface area contributed by atoms with Crippen LogP contribution in [0.5, 0.6) is 0 Å². The van der Waals surface area contributed by atoms with Gasteiger partial charge in [0.05, 0.1) is 5.56 Å². The normalized spacial score (nSPS) is 13.2. The maximum atomic E-state index is 13.3. The SMILES string of the molecule is CCc1ccccc1C(O)c1ccc(F)c(C(F)(F)F)c1. The largest absolute Gasteiger partial charge is 0.419 e. The van der Waals surface area contributed by atoms with Gasteiger partial charge in [-0.05, 0) is 35.2 Å². The lowest BCUT2D eigenvalue weighted by molar-refractivity contribution is -0.140. The topological polar surface area (TPSA) is 20.2 Å². The first-order valence-corrected chi connectivity index (χ1v) is 6.47. The molecule has 21 heavy (non-hydrogen) atoms. The molecule has 1 unspecified atom stereocenters. The van der Waals surface area contributed by atoms with Crippen LogP contribution in [0.3, 0.4) is 0 Å². The molecule has 2 aromatic carbocycles. The van der Waals surface area contributed by atoms with Crippen LogP contribution in [0.25, 0.3) is 0 Å². The lowest BCUT2D eigenvalue weighted by Gasteiger charge is -2.17. The van der Waals surface area contributed by atoms with Crippen molar-refractivity contribution in [3.05, 3.63) is 70.5 Å². The molecule has 0 heterocycles. The van der Waals surface area contributed by atoms with Crippen LogP contribution >= 0.6 is 0 Å². The Kier molecular flexibility index (Phi) is 4.32. The summed E-state index contributed by atoms with van der Waals surface area (Å²) in [6.45, 7) is 1.89. The molecule has 1 nitrogen and oxygen atoms in total. The van der Waals surface area contributed by atoms with E-state index in [1.165, 1.54) is 6.07 Å². The molecule has 0 aliphatic heterocycles. The number of halogens is 4. The zero-order valence-electron chi connectivity index (χ0n) is 11.3. The molecule has 2 rings (SSSR count). The summed E-state index contributed by atoms with van der Waals surface area (Å²) >= 11 is 0. The fraction of sp³-hybridized carbons (Fsp3) is 0.250. The maximum absolute atomic E-state index is 13.3. The number of hydrogen-bond donors (Lipinski definition) is 1. The first kappa shape index (κ1) is 15.5. The smallest absolute Gasteiger partial charge is 0.384 e. The number of alkyl halides is 3. The minimum absolute atomic E-state index is 0.0182. The van der Waals surface area contributed by atoms with Gasteiger partial charge in [-0.25, -0.2) is 4.39 Å². The van der Waals surface area contributed by atoms with Crippen molar-refractivity contribution in [2.75, 3.05) is 0 Å². The van der Waals surface area contributed by atoms with Gasteiger partial charge in [-0.1, -0.05) is 37.3 Å². The average molecular weight is 298 g/mol. The number of aryl methyl sites for hydroxylation is 1. The highest BCUT2D eigenvalue weighted by Gasteiger charge is 2.34. The van der Waals surface area contributed by atoms with E-state index < -0.39 is 23.7 Å². The summed E-state index contributed by atoms with van der Waals surface area (Å²) in [6.07, 6.45) is -5.37. The van der Waals surface area contributed by atoms with Crippen LogP contribution in [0, 0.1) is 5.82 Å². The Hall–Kier alpha value is -1.88. The molecule has 5 heteroatoms. The molecular formula is C16H14F4O. The molecule has 0 saturated carbocycles. The molecular weight excluding hydrogens is 284 g/mol. The van der Waals surface area contributed by atoms with Crippen LogP contribution in [-0.2, 0) is 12.6 Å². The van der Waals surface area contributed by atoms with Crippen molar-refractivity contribution in [2.24, 2.45) is 0 Å². The Balaban J connectivity index is 2.47. The summed E-state index contributed by atoms with van der Waals surface area (Å²) in [6, 6.07) is 9.50. The van der Waals surface area contributed by atoms with E-state index in [1.54, 1.807) is 24.3 Å². The van der Waals surface area contributed by atoms with Crippen LogP contribution in [0.4, 0.5) is 17.6 Å². The Bertz CT molecular complexity index is 634. The Labute approximate surface area is 119 Å². The molecule has 1 N–H and O–H groups in total. The summed E-state index contributed by atoms with van der Waals surface area (Å²) in [5.41, 5.74) is 0.0141. The van der Waals surface area contributed by atoms with Crippen LogP contribution in [0.1, 0.15) is 35.3 Å². The predicted octanol–water partition coefficient (Wildman–Crippen LogP) is 4.49. The molecule has 0 saturated heterocycles. The number of aliphatic hydroxyl groups is 1. The van der Waals surface area contributed by atoms with Crippen LogP contribution in [0.15, 0.2) is 42.5 Å². The van der Waals surface area contributed by atoms with E-state index in [-0.39, 0.29) is 5.56 Å². The maximum Gasteiger partial charge on any atom is 0.419 e. The second kappa shape index (κ2) is 5.85. The molecule has 0 aliphatic carbocycles. The number of rotatable bonds is 3. The van der Waals surface area contributed by atoms with Gasteiger partial charge in [0, 0.05) is 0 Å². The molecule has 0 fully saturated rings. The lowest BCUT2D eigenvalue weighted by Crippen LogP contribution is -2.11. The van der Waals surface area contributed by atoms with Gasteiger partial charge in [0.15, 0.2) is 0 Å². The summed E-state index contributed by atoms with van der Waals surface area (Å²) in [5, 5.41) is 10.3. The zero-order valence-corrected chi connectivity index (χ0v) is 11.3. The number of benzene rings is 2. The van der Waals surface area contributed by atoms with E-state index in [0.717, 1.165) is 11.6 Å². The van der Waals surface area contributed by atoms with E-state index in [9.17, 15) is 22.7 Å². The monoisotopic (exact) mass is 298 g/mol. The standard InChI is InChI=1S/C16H14F4O/c1-2-10-5-3-4-6-12(10)15(21)11-7-8-14(17)13(9-11)16(18,19)20/h3-9,15,21H,2H2,1H3. The van der Waals surface area contributed by atoms with E-state index >= 15 is 0 Å². The minimum Gasteiger partial charge on any atom is -0.384 e. The van der Waals surface area contributed by atoms with Gasteiger partial charge < -0.3 is 5.11 Å². The summed E-state index contributed by atoms with van der Waals surface area (Å²) < 4.78 is 51.4. The van der Waals surface area contributed by atoms with Crippen molar-refractivity contribution >= 4 is 0 Å². The summed E-state index contributed by atoms with van der Waals surface area (Å²) in [7, 11) is 0. The van der Waals surface area contributed by atoms with E-state index in [0.29, 0.717) is 18.1 Å². The first-order valence-electron chi connectivity index (χ1n) is 6.47. The highest BCUT2D eigenvalue weighted by Crippen LogP contribution is 2.34. The van der Waals surface area contributed by atoms with Crippen LogP contribution in [0.2, 0.25) is 0 Å². The average Bonchev–Trinajstić information content (AvgIpc) is 2.45. The molecule has 0 amide bonds. The molecule has 0 aromatic heterocycles. The van der Waals surface area contributed by atoms with E-state index in [1.807, 2.05) is 6.92 Å². The van der Waals surface area contributed by atoms with Gasteiger partial charge in [-0.2, -0.15) is 13.2 Å². The van der Waals surface area contributed by atoms with Gasteiger partial charge in [0.25, 0.3) is 0 Å². The minimum atomic E-state index is -4.79. The van der Waals surface area contributed by atoms with Crippen molar-refractivity contribution in [3.8, 4) is 0 Å². The van der Waals surface area contributed by atoms with Crippen LogP contribution < -0.4 is 0 Å². The quantitative estimate of drug-likeness (QED) is 0.828. The lowest BCUT2D eigenvalue weighted by atomic mass is 9.94. The second-order valence-electron chi connectivity index (χ2n) is 4.69. The predicted molar refractivity (Wildman–Crippen MR) is 71.3 cm³/mol. The Morgan fingerprint density at radius 2 is 1.76 bits per heavy atom. The fourth-order valence-corrected chi connectivity index (χ4v) is 2.23. The van der Waals surface area contributed by atoms with Crippen molar-refractivity contribution in [1.29, 1.82) is 0 Å². The third-order valence-corrected chi connectivity index (χ3v) is 3.34. The fourth-order valence-electron chi connectivity index (χ4n) is 2.23. The first-order chi connectivity index (χ1) is 9.84. The molecule has 0 radical (unpaired) electrons. The van der Waals surface area contributed by atoms with Crippen molar-refractivity contribution in [2.45, 2.75) is 25.6 Å². The Morgan fingerprint density at radius 3 is 2.38 bits per heavy atom. The van der Waals surface area contributed by atoms with Gasteiger partial charge in [0.2, 0.25) is 0 Å². The van der Waals surface area contributed by atoms with E-state index in [4.69, 9.17) is 0 Å². The highest BCUT2D eigenvalue weighted by molar-refractivity contribution is 5.38. The van der Waals surface area contributed by atoms with Crippen molar-refractivity contribution < 1.29 is 22.7 Å². The molecule has 2 aromatic rings. The van der Waals surface area contributed by atoms with Gasteiger partial charge in [-0.15, -0.1) is 0 Å². The van der Waals surface area contributed by atoms with E-state index in [2.05, 4.69) is 0 Å². The number of aliphatic hydroxyl groups excluding tert-OH is 1. The van der Waals surface area contributed by atoms with Gasteiger partial charge in [-0.3, -0.25) is 0 Å². The second-order valence-corrected chi connectivity index (χ2v) is 4.69. The van der Waals surface area contributed by atoms with Gasteiger partial charge >= 0.3 is 6.18 Å². The summed E-state index contributed by atoms with van der Waals surface area (Å²) in [4.78, 5) is 0. The number of hydrogen-bond acceptors (Lipinski definition) is 1. The zero-order chi connectivity index (χ0) is 15.6. The van der Waals surface area contributed by atoms with Crippen molar-refractivity contribution in [3.63, 3.8) is 0 Å². The highest BCUT2D eigenvalue weighted by atomic mass is 19.4. The molecule has 1 atom stereocenters. The molecule has 0 spiro atoms. The third-order valence-electron chi connectivity index (χ3n) is 3.34. The van der Waals surface area contributed by atoms with Crippen LogP contribution in [-0.4, -0.2) is 5.11 Å².